The summed E-state index contributed by atoms with van der Waals surface area (Å²) in [7, 11) is 0. The summed E-state index contributed by atoms with van der Waals surface area (Å²) in [5.41, 5.74) is 0. The Morgan fingerprint density at radius 2 is 0.641 bits per heavy atom. The van der Waals surface area contributed by atoms with Gasteiger partial charge in [0.05, 0.1) is 25.4 Å². The fourth-order valence-corrected chi connectivity index (χ4v) is 10.8. The molecule has 2 unspecified atom stereocenters. The van der Waals surface area contributed by atoms with Crippen LogP contribution in [0.2, 0.25) is 0 Å². The molecular weight excluding hydrogens is 959 g/mol. The summed E-state index contributed by atoms with van der Waals surface area (Å²) in [5.74, 6) is -0.0789. The van der Waals surface area contributed by atoms with Crippen molar-refractivity contribution in [3.8, 4) is 0 Å². The Hall–Kier alpha value is -2.18. The number of unbranched alkanes of at least 4 members (excludes halogenated alkanes) is 46. The molecule has 0 saturated carbocycles. The Kier molecular flexibility index (Phi) is 65.4. The number of carbonyl (C=O) groups excluding carboxylic acids is 2. The van der Waals surface area contributed by atoms with Crippen molar-refractivity contribution >= 4 is 11.9 Å². The third kappa shape index (κ3) is 63.0. The number of aliphatic hydroxyl groups is 2. The number of carbonyl (C=O) groups is 2. The van der Waals surface area contributed by atoms with Crippen LogP contribution in [0.5, 0.6) is 0 Å². The summed E-state index contributed by atoms with van der Waals surface area (Å²) < 4.78 is 5.43. The molecule has 2 atom stereocenters. The van der Waals surface area contributed by atoms with Crippen LogP contribution in [0.1, 0.15) is 373 Å². The summed E-state index contributed by atoms with van der Waals surface area (Å²) in [4.78, 5) is 24.6. The lowest BCUT2D eigenvalue weighted by Gasteiger charge is -2.22. The van der Waals surface area contributed by atoms with Crippen LogP contribution in [0.4, 0.5) is 0 Å². The number of amides is 1. The maximum absolute atomic E-state index is 12.6. The zero-order chi connectivity index (χ0) is 56.4. The van der Waals surface area contributed by atoms with Crippen LogP contribution >= 0.6 is 0 Å². The standard InChI is InChI=1S/C72H135NO5/c1-3-5-7-9-11-13-15-17-19-21-22-23-24-26-29-33-36-40-44-48-52-56-60-64-70(75)69(68-74)73-71(76)65-61-57-53-49-45-41-37-34-30-27-25-28-31-35-39-43-47-51-55-59-63-67-78-72(77)66-62-58-54-50-46-42-38-32-20-18-16-14-12-10-8-6-4-2/h12,14,18,20,43,47,55,59,69-70,74-75H,3-11,13,15-17,19,21-42,44-46,48-54,56-58,60-68H2,1-2H3,(H,73,76)/b14-12-,20-18-,47-43-,59-55-. The first-order valence-electron chi connectivity index (χ1n) is 34.9. The van der Waals surface area contributed by atoms with E-state index < -0.39 is 12.1 Å². The number of allylic oxidation sites excluding steroid dienone is 7. The average Bonchev–Trinajstić information content (AvgIpc) is 3.44. The molecule has 0 saturated heterocycles. The van der Waals surface area contributed by atoms with E-state index in [4.69, 9.17) is 4.74 Å². The fourth-order valence-electron chi connectivity index (χ4n) is 10.8. The third-order valence-corrected chi connectivity index (χ3v) is 16.1. The van der Waals surface area contributed by atoms with Gasteiger partial charge in [-0.25, -0.2) is 0 Å². The Labute approximate surface area is 486 Å². The molecule has 0 radical (unpaired) electrons. The first-order chi connectivity index (χ1) is 38.5. The molecule has 0 spiro atoms. The molecule has 3 N–H and O–H groups in total. The maximum Gasteiger partial charge on any atom is 0.305 e. The van der Waals surface area contributed by atoms with Gasteiger partial charge in [-0.15, -0.1) is 0 Å². The van der Waals surface area contributed by atoms with Crippen molar-refractivity contribution in [2.24, 2.45) is 0 Å². The van der Waals surface area contributed by atoms with E-state index in [2.05, 4.69) is 67.8 Å². The topological polar surface area (TPSA) is 95.9 Å². The number of hydrogen-bond acceptors (Lipinski definition) is 5. The second kappa shape index (κ2) is 67.3. The van der Waals surface area contributed by atoms with E-state index >= 15 is 0 Å². The minimum atomic E-state index is -0.670. The lowest BCUT2D eigenvalue weighted by Crippen LogP contribution is -2.45. The molecule has 0 aliphatic rings. The quantitative estimate of drug-likeness (QED) is 0.0320. The van der Waals surface area contributed by atoms with Crippen molar-refractivity contribution in [1.82, 2.24) is 5.32 Å². The van der Waals surface area contributed by atoms with Crippen LogP contribution in [-0.2, 0) is 14.3 Å². The molecular formula is C72H135NO5. The summed E-state index contributed by atoms with van der Waals surface area (Å²) in [6, 6.07) is -0.548. The highest BCUT2D eigenvalue weighted by molar-refractivity contribution is 5.76. The largest absolute Gasteiger partial charge is 0.465 e. The van der Waals surface area contributed by atoms with Crippen LogP contribution in [-0.4, -0.2) is 47.4 Å². The Morgan fingerprint density at radius 1 is 0.359 bits per heavy atom. The van der Waals surface area contributed by atoms with E-state index in [9.17, 15) is 19.8 Å². The molecule has 0 fully saturated rings. The molecule has 0 heterocycles. The molecule has 0 aromatic carbocycles. The van der Waals surface area contributed by atoms with Gasteiger partial charge in [-0.2, -0.15) is 0 Å². The van der Waals surface area contributed by atoms with Crippen molar-refractivity contribution in [1.29, 1.82) is 0 Å². The van der Waals surface area contributed by atoms with Crippen molar-refractivity contribution in [3.05, 3.63) is 48.6 Å². The Balaban J connectivity index is 3.45. The first kappa shape index (κ1) is 75.8. The van der Waals surface area contributed by atoms with Gasteiger partial charge in [0.2, 0.25) is 5.91 Å². The van der Waals surface area contributed by atoms with Gasteiger partial charge < -0.3 is 20.3 Å². The molecule has 78 heavy (non-hydrogen) atoms. The SMILES string of the molecule is CCCCC/C=C\C/C=C\CCCCCCCCCC(=O)OCC/C=C\C/C=C\CCCCCCCCCCCCCCCCC(=O)NC(CO)C(O)CCCCCCCCCCCCCCCCCCCCCCCCC. The van der Waals surface area contributed by atoms with Crippen molar-refractivity contribution in [2.45, 2.75) is 386 Å². The molecule has 1 amide bonds. The first-order valence-corrected chi connectivity index (χ1v) is 34.9. The Morgan fingerprint density at radius 3 is 1.00 bits per heavy atom. The fraction of sp³-hybridized carbons (Fsp3) is 0.861. The van der Waals surface area contributed by atoms with E-state index in [1.54, 1.807) is 0 Å². The number of ether oxygens (including phenoxy) is 1. The van der Waals surface area contributed by atoms with Gasteiger partial charge >= 0.3 is 5.97 Å². The molecule has 6 nitrogen and oxygen atoms in total. The molecule has 0 aromatic rings. The van der Waals surface area contributed by atoms with E-state index in [-0.39, 0.29) is 18.5 Å². The number of hydrogen-bond donors (Lipinski definition) is 3. The molecule has 0 aliphatic carbocycles. The second-order valence-electron chi connectivity index (χ2n) is 23.9. The van der Waals surface area contributed by atoms with Gasteiger partial charge in [0.15, 0.2) is 0 Å². The molecule has 6 heteroatoms. The zero-order valence-electron chi connectivity index (χ0n) is 52.4. The van der Waals surface area contributed by atoms with Gasteiger partial charge in [0.25, 0.3) is 0 Å². The van der Waals surface area contributed by atoms with Gasteiger partial charge in [-0.05, 0) is 77.0 Å². The summed E-state index contributed by atoms with van der Waals surface area (Å²) in [6.45, 7) is 4.84. The predicted molar refractivity (Wildman–Crippen MR) is 342 cm³/mol. The van der Waals surface area contributed by atoms with Crippen molar-refractivity contribution < 1.29 is 24.5 Å². The van der Waals surface area contributed by atoms with Gasteiger partial charge in [-0.3, -0.25) is 9.59 Å². The van der Waals surface area contributed by atoms with E-state index in [0.29, 0.717) is 25.9 Å². The van der Waals surface area contributed by atoms with Crippen LogP contribution in [0.3, 0.4) is 0 Å². The minimum Gasteiger partial charge on any atom is -0.465 e. The van der Waals surface area contributed by atoms with Crippen LogP contribution < -0.4 is 5.32 Å². The highest BCUT2D eigenvalue weighted by atomic mass is 16.5. The van der Waals surface area contributed by atoms with E-state index in [1.165, 1.54) is 283 Å². The minimum absolute atomic E-state index is 0.0364. The van der Waals surface area contributed by atoms with Crippen molar-refractivity contribution in [2.75, 3.05) is 13.2 Å². The molecule has 0 rings (SSSR count). The van der Waals surface area contributed by atoms with Gasteiger partial charge in [0, 0.05) is 12.8 Å². The predicted octanol–water partition coefficient (Wildman–Crippen LogP) is 22.5. The smallest absolute Gasteiger partial charge is 0.305 e. The number of esters is 1. The molecule has 458 valence electrons. The lowest BCUT2D eigenvalue weighted by molar-refractivity contribution is -0.143. The van der Waals surface area contributed by atoms with Crippen LogP contribution in [0.15, 0.2) is 48.6 Å². The zero-order valence-corrected chi connectivity index (χ0v) is 52.4. The third-order valence-electron chi connectivity index (χ3n) is 16.1. The van der Waals surface area contributed by atoms with E-state index in [0.717, 1.165) is 57.8 Å². The second-order valence-corrected chi connectivity index (χ2v) is 23.9. The highest BCUT2D eigenvalue weighted by Gasteiger charge is 2.20. The van der Waals surface area contributed by atoms with Gasteiger partial charge in [0.1, 0.15) is 0 Å². The number of aliphatic hydroxyl groups excluding tert-OH is 2. The van der Waals surface area contributed by atoms with E-state index in [1.807, 2.05) is 0 Å². The Bertz CT molecular complexity index is 1310. The molecule has 0 aliphatic heterocycles. The summed E-state index contributed by atoms with van der Waals surface area (Å²) in [5, 5.41) is 23.4. The van der Waals surface area contributed by atoms with Crippen LogP contribution in [0.25, 0.3) is 0 Å². The van der Waals surface area contributed by atoms with Gasteiger partial charge in [-0.1, -0.05) is 332 Å². The van der Waals surface area contributed by atoms with Crippen LogP contribution in [0, 0.1) is 0 Å². The van der Waals surface area contributed by atoms with Crippen molar-refractivity contribution in [3.63, 3.8) is 0 Å². The highest BCUT2D eigenvalue weighted by Crippen LogP contribution is 2.18. The maximum atomic E-state index is 12.6. The normalized spacial score (nSPS) is 12.8. The lowest BCUT2D eigenvalue weighted by atomic mass is 10.0. The molecule has 0 aromatic heterocycles. The summed E-state index contributed by atoms with van der Waals surface area (Å²) >= 11 is 0. The monoisotopic (exact) mass is 1090 g/mol. The summed E-state index contributed by atoms with van der Waals surface area (Å²) in [6.07, 6.45) is 87.3. The molecule has 0 bridgehead atoms. The number of rotatable bonds is 65. The number of nitrogens with one attached hydrogen (secondary N) is 1. The average molecular weight is 1090 g/mol.